The molecule has 0 atom stereocenters. The lowest BCUT2D eigenvalue weighted by atomic mass is 10.2. The number of carbonyl (C=O) groups is 1. The summed E-state index contributed by atoms with van der Waals surface area (Å²) in [5.41, 5.74) is 1.04. The molecular formula is C14H24N4O3S. The van der Waals surface area contributed by atoms with E-state index < -0.39 is 10.0 Å². The molecule has 0 spiro atoms. The van der Waals surface area contributed by atoms with E-state index in [1.807, 2.05) is 13.8 Å². The minimum absolute atomic E-state index is 0.0680. The SMILES string of the molecule is Cc1n[nH]c(C)c1S(=O)(=O)N1CCCN(C(=O)C(C)C)CC1. The monoisotopic (exact) mass is 328 g/mol. The molecule has 1 aromatic heterocycles. The maximum absolute atomic E-state index is 12.8. The van der Waals surface area contributed by atoms with Gasteiger partial charge in [0.2, 0.25) is 15.9 Å². The lowest BCUT2D eigenvalue weighted by Crippen LogP contribution is -2.39. The second-order valence-corrected chi connectivity index (χ2v) is 7.88. The molecule has 8 heteroatoms. The van der Waals surface area contributed by atoms with Crippen molar-refractivity contribution in [2.24, 2.45) is 5.92 Å². The fourth-order valence-corrected chi connectivity index (χ4v) is 4.57. The summed E-state index contributed by atoms with van der Waals surface area (Å²) in [4.78, 5) is 14.1. The predicted molar refractivity (Wildman–Crippen MR) is 82.9 cm³/mol. The van der Waals surface area contributed by atoms with Crippen molar-refractivity contribution < 1.29 is 13.2 Å². The Morgan fingerprint density at radius 2 is 1.86 bits per heavy atom. The lowest BCUT2D eigenvalue weighted by molar-refractivity contribution is -0.134. The third-order valence-corrected chi connectivity index (χ3v) is 6.08. The van der Waals surface area contributed by atoms with Crippen LogP contribution in [0.3, 0.4) is 0 Å². The number of aromatic nitrogens is 2. The zero-order chi connectivity index (χ0) is 16.5. The normalized spacial score (nSPS) is 17.8. The van der Waals surface area contributed by atoms with Crippen LogP contribution in [0.15, 0.2) is 4.90 Å². The molecule has 0 aromatic carbocycles. The maximum atomic E-state index is 12.8. The van der Waals surface area contributed by atoms with Crippen LogP contribution in [0.25, 0.3) is 0 Å². The first kappa shape index (κ1) is 17.0. The summed E-state index contributed by atoms with van der Waals surface area (Å²) in [6.45, 7) is 8.90. The quantitative estimate of drug-likeness (QED) is 0.893. The van der Waals surface area contributed by atoms with E-state index in [2.05, 4.69) is 10.2 Å². The number of aryl methyl sites for hydroxylation is 2. The molecule has 0 radical (unpaired) electrons. The number of H-pyrrole nitrogens is 1. The highest BCUT2D eigenvalue weighted by Gasteiger charge is 2.32. The number of hydrogen-bond acceptors (Lipinski definition) is 4. The average molecular weight is 328 g/mol. The highest BCUT2D eigenvalue weighted by molar-refractivity contribution is 7.89. The summed E-state index contributed by atoms with van der Waals surface area (Å²) in [6.07, 6.45) is 0.646. The smallest absolute Gasteiger partial charge is 0.246 e. The van der Waals surface area contributed by atoms with Crippen molar-refractivity contribution in [3.8, 4) is 0 Å². The van der Waals surface area contributed by atoms with Gasteiger partial charge in [0.05, 0.1) is 11.4 Å². The van der Waals surface area contributed by atoms with Crippen LogP contribution < -0.4 is 0 Å². The molecule has 1 amide bonds. The minimum atomic E-state index is -3.57. The summed E-state index contributed by atoms with van der Waals surface area (Å²) in [6, 6.07) is 0. The zero-order valence-corrected chi connectivity index (χ0v) is 14.4. The van der Waals surface area contributed by atoms with Crippen LogP contribution in [0, 0.1) is 19.8 Å². The summed E-state index contributed by atoms with van der Waals surface area (Å²) in [7, 11) is -3.57. The Hall–Kier alpha value is -1.41. The third-order valence-electron chi connectivity index (χ3n) is 3.92. The molecular weight excluding hydrogens is 304 g/mol. The lowest BCUT2D eigenvalue weighted by Gasteiger charge is -2.23. The van der Waals surface area contributed by atoms with Gasteiger partial charge in [0.1, 0.15) is 4.90 Å². The Labute approximate surface area is 131 Å². The van der Waals surface area contributed by atoms with E-state index in [0.29, 0.717) is 44.0 Å². The van der Waals surface area contributed by atoms with E-state index in [0.717, 1.165) is 0 Å². The summed E-state index contributed by atoms with van der Waals surface area (Å²) >= 11 is 0. The van der Waals surface area contributed by atoms with Gasteiger partial charge < -0.3 is 4.90 Å². The first-order valence-electron chi connectivity index (χ1n) is 7.55. The molecule has 1 saturated heterocycles. The third kappa shape index (κ3) is 3.17. The predicted octanol–water partition coefficient (Wildman–Crippen LogP) is 0.906. The maximum Gasteiger partial charge on any atom is 0.246 e. The number of amides is 1. The first-order chi connectivity index (χ1) is 10.2. The van der Waals surface area contributed by atoms with E-state index in [9.17, 15) is 13.2 Å². The first-order valence-corrected chi connectivity index (χ1v) is 8.99. The van der Waals surface area contributed by atoms with E-state index >= 15 is 0 Å². The topological polar surface area (TPSA) is 86.4 Å². The van der Waals surface area contributed by atoms with E-state index in [-0.39, 0.29) is 16.7 Å². The molecule has 2 rings (SSSR count). The minimum Gasteiger partial charge on any atom is -0.341 e. The number of sulfonamides is 1. The fourth-order valence-electron chi connectivity index (χ4n) is 2.77. The Morgan fingerprint density at radius 1 is 1.18 bits per heavy atom. The van der Waals surface area contributed by atoms with Gasteiger partial charge in [-0.05, 0) is 20.3 Å². The van der Waals surface area contributed by atoms with Gasteiger partial charge in [0.25, 0.3) is 0 Å². The van der Waals surface area contributed by atoms with Gasteiger partial charge in [-0.1, -0.05) is 13.8 Å². The van der Waals surface area contributed by atoms with Crippen molar-refractivity contribution in [2.45, 2.75) is 39.0 Å². The average Bonchev–Trinajstić information content (AvgIpc) is 2.67. The number of aromatic amines is 1. The molecule has 2 heterocycles. The number of nitrogens with one attached hydrogen (secondary N) is 1. The highest BCUT2D eigenvalue weighted by atomic mass is 32.2. The Kier molecular flexibility index (Phi) is 4.91. The molecule has 1 fully saturated rings. The number of carbonyl (C=O) groups excluding carboxylic acids is 1. The van der Waals surface area contributed by atoms with Crippen molar-refractivity contribution in [2.75, 3.05) is 26.2 Å². The fraction of sp³-hybridized carbons (Fsp3) is 0.714. The van der Waals surface area contributed by atoms with E-state index in [1.54, 1.807) is 18.7 Å². The van der Waals surface area contributed by atoms with Gasteiger partial charge in [-0.3, -0.25) is 9.89 Å². The zero-order valence-electron chi connectivity index (χ0n) is 13.6. The van der Waals surface area contributed by atoms with Crippen molar-refractivity contribution in [1.29, 1.82) is 0 Å². The van der Waals surface area contributed by atoms with Crippen molar-refractivity contribution in [3.63, 3.8) is 0 Å². The molecule has 0 bridgehead atoms. The Bertz CT molecular complexity index is 632. The van der Waals surface area contributed by atoms with Crippen molar-refractivity contribution >= 4 is 15.9 Å². The molecule has 7 nitrogen and oxygen atoms in total. The van der Waals surface area contributed by atoms with Gasteiger partial charge in [-0.2, -0.15) is 9.40 Å². The largest absolute Gasteiger partial charge is 0.341 e. The molecule has 22 heavy (non-hydrogen) atoms. The number of nitrogens with zero attached hydrogens (tertiary/aromatic N) is 3. The molecule has 1 aromatic rings. The Morgan fingerprint density at radius 3 is 2.41 bits per heavy atom. The summed E-state index contributed by atoms with van der Waals surface area (Å²) < 4.78 is 27.1. The summed E-state index contributed by atoms with van der Waals surface area (Å²) in [5, 5.41) is 6.69. The Balaban J connectivity index is 2.19. The molecule has 0 aliphatic carbocycles. The van der Waals surface area contributed by atoms with Crippen LogP contribution in [-0.2, 0) is 14.8 Å². The van der Waals surface area contributed by atoms with Crippen LogP contribution in [0.1, 0.15) is 31.7 Å². The van der Waals surface area contributed by atoms with Crippen LogP contribution in [0.5, 0.6) is 0 Å². The molecule has 124 valence electrons. The summed E-state index contributed by atoms with van der Waals surface area (Å²) in [5.74, 6) is 0.0106. The second-order valence-electron chi connectivity index (χ2n) is 6.00. The molecule has 0 unspecified atom stereocenters. The van der Waals surface area contributed by atoms with Gasteiger partial charge in [-0.15, -0.1) is 0 Å². The second kappa shape index (κ2) is 6.37. The molecule has 0 saturated carbocycles. The molecule has 1 N–H and O–H groups in total. The number of rotatable bonds is 3. The van der Waals surface area contributed by atoms with Gasteiger partial charge in [0.15, 0.2) is 0 Å². The van der Waals surface area contributed by atoms with Gasteiger partial charge in [-0.25, -0.2) is 8.42 Å². The van der Waals surface area contributed by atoms with E-state index in [1.165, 1.54) is 4.31 Å². The highest BCUT2D eigenvalue weighted by Crippen LogP contribution is 2.23. The van der Waals surface area contributed by atoms with Crippen LogP contribution >= 0.6 is 0 Å². The van der Waals surface area contributed by atoms with Crippen LogP contribution in [-0.4, -0.2) is 59.9 Å². The molecule has 1 aliphatic rings. The van der Waals surface area contributed by atoms with Crippen LogP contribution in [0.4, 0.5) is 0 Å². The van der Waals surface area contributed by atoms with Gasteiger partial charge in [0, 0.05) is 32.1 Å². The van der Waals surface area contributed by atoms with Crippen LogP contribution in [0.2, 0.25) is 0 Å². The van der Waals surface area contributed by atoms with Crippen molar-refractivity contribution in [1.82, 2.24) is 19.4 Å². The molecule has 1 aliphatic heterocycles. The van der Waals surface area contributed by atoms with E-state index in [4.69, 9.17) is 0 Å². The van der Waals surface area contributed by atoms with Crippen molar-refractivity contribution in [3.05, 3.63) is 11.4 Å². The standard InChI is InChI=1S/C14H24N4O3S/c1-10(2)14(19)17-6-5-7-18(9-8-17)22(20,21)13-11(3)15-16-12(13)4/h10H,5-9H2,1-4H3,(H,15,16). The number of hydrogen-bond donors (Lipinski definition) is 1. The van der Waals surface area contributed by atoms with Gasteiger partial charge >= 0.3 is 0 Å².